The van der Waals surface area contributed by atoms with Crippen LogP contribution in [-0.4, -0.2) is 11.7 Å². The second-order valence-corrected chi connectivity index (χ2v) is 4.14. The normalized spacial score (nSPS) is 19.5. The third kappa shape index (κ3) is 1.42. The van der Waals surface area contributed by atoms with Crippen LogP contribution in [0.4, 0.5) is 0 Å². The van der Waals surface area contributed by atoms with Crippen LogP contribution in [-0.2, 0) is 12.0 Å². The summed E-state index contributed by atoms with van der Waals surface area (Å²) in [5.41, 5.74) is 2.61. The summed E-state index contributed by atoms with van der Waals surface area (Å²) in [6.07, 6.45) is 1.01. The van der Waals surface area contributed by atoms with Crippen LogP contribution >= 0.6 is 0 Å². The predicted octanol–water partition coefficient (Wildman–Crippen LogP) is 1.77. The van der Waals surface area contributed by atoms with Crippen LogP contribution in [0.25, 0.3) is 0 Å². The first-order valence-electron chi connectivity index (χ1n) is 4.67. The van der Waals surface area contributed by atoms with Crippen LogP contribution in [0.1, 0.15) is 25.0 Å². The molecule has 1 aromatic rings. The SMILES string of the molecule is CC1(C)NCCc2cc(O)ccc21. The van der Waals surface area contributed by atoms with Gasteiger partial charge in [-0.2, -0.15) is 0 Å². The molecule has 1 aliphatic rings. The first kappa shape index (κ1) is 8.57. The van der Waals surface area contributed by atoms with Crippen LogP contribution < -0.4 is 5.32 Å². The van der Waals surface area contributed by atoms with Crippen molar-refractivity contribution in [3.8, 4) is 5.75 Å². The van der Waals surface area contributed by atoms with E-state index >= 15 is 0 Å². The molecule has 0 aliphatic carbocycles. The minimum Gasteiger partial charge on any atom is -0.508 e. The second-order valence-electron chi connectivity index (χ2n) is 4.14. The Balaban J connectivity index is 2.53. The quantitative estimate of drug-likeness (QED) is 0.633. The van der Waals surface area contributed by atoms with E-state index in [0.29, 0.717) is 5.75 Å². The molecule has 2 heteroatoms. The van der Waals surface area contributed by atoms with Gasteiger partial charge in [0.2, 0.25) is 0 Å². The van der Waals surface area contributed by atoms with Crippen LogP contribution in [0.5, 0.6) is 5.75 Å². The maximum atomic E-state index is 9.34. The molecule has 0 spiro atoms. The van der Waals surface area contributed by atoms with Gasteiger partial charge in [-0.1, -0.05) is 6.07 Å². The summed E-state index contributed by atoms with van der Waals surface area (Å²) in [5, 5.41) is 12.8. The Morgan fingerprint density at radius 1 is 1.38 bits per heavy atom. The molecule has 1 aromatic carbocycles. The van der Waals surface area contributed by atoms with E-state index in [1.54, 1.807) is 6.07 Å². The monoisotopic (exact) mass is 177 g/mol. The number of rotatable bonds is 0. The molecule has 2 N–H and O–H groups in total. The van der Waals surface area contributed by atoms with Gasteiger partial charge in [0.1, 0.15) is 5.75 Å². The molecule has 2 nitrogen and oxygen atoms in total. The van der Waals surface area contributed by atoms with Crippen LogP contribution in [0.2, 0.25) is 0 Å². The molecule has 0 atom stereocenters. The molecule has 1 aliphatic heterocycles. The fourth-order valence-electron chi connectivity index (χ4n) is 2.00. The Morgan fingerprint density at radius 3 is 2.92 bits per heavy atom. The third-order valence-electron chi connectivity index (χ3n) is 2.72. The highest BCUT2D eigenvalue weighted by Gasteiger charge is 2.26. The first-order valence-corrected chi connectivity index (χ1v) is 4.67. The van der Waals surface area contributed by atoms with E-state index in [0.717, 1.165) is 13.0 Å². The zero-order valence-corrected chi connectivity index (χ0v) is 8.09. The highest BCUT2D eigenvalue weighted by atomic mass is 16.3. The number of hydrogen-bond acceptors (Lipinski definition) is 2. The molecule has 2 rings (SSSR count). The summed E-state index contributed by atoms with van der Waals surface area (Å²) in [4.78, 5) is 0. The van der Waals surface area contributed by atoms with Crippen molar-refractivity contribution in [3.63, 3.8) is 0 Å². The van der Waals surface area contributed by atoms with E-state index in [4.69, 9.17) is 0 Å². The lowest BCUT2D eigenvalue weighted by molar-refractivity contribution is 0.380. The number of fused-ring (bicyclic) bond motifs is 1. The number of phenolic OH excluding ortho intramolecular Hbond substituents is 1. The summed E-state index contributed by atoms with van der Waals surface area (Å²) in [6, 6.07) is 5.64. The molecule has 0 radical (unpaired) electrons. The molecule has 0 saturated heterocycles. The molecule has 70 valence electrons. The van der Waals surface area contributed by atoms with Gasteiger partial charge < -0.3 is 10.4 Å². The average Bonchev–Trinajstić information content (AvgIpc) is 2.02. The van der Waals surface area contributed by atoms with Gasteiger partial charge in [0.25, 0.3) is 0 Å². The minimum atomic E-state index is 0.0429. The summed E-state index contributed by atoms with van der Waals surface area (Å²) in [6.45, 7) is 5.33. The van der Waals surface area contributed by atoms with E-state index < -0.39 is 0 Å². The van der Waals surface area contributed by atoms with Crippen molar-refractivity contribution in [2.24, 2.45) is 0 Å². The smallest absolute Gasteiger partial charge is 0.115 e. The lowest BCUT2D eigenvalue weighted by Crippen LogP contribution is -2.42. The largest absolute Gasteiger partial charge is 0.508 e. The summed E-state index contributed by atoms with van der Waals surface area (Å²) < 4.78 is 0. The van der Waals surface area contributed by atoms with Gasteiger partial charge in [-0.3, -0.25) is 0 Å². The first-order chi connectivity index (χ1) is 6.09. The zero-order valence-electron chi connectivity index (χ0n) is 8.09. The number of benzene rings is 1. The molecular formula is C11H15NO. The van der Waals surface area contributed by atoms with Crippen molar-refractivity contribution >= 4 is 0 Å². The molecule has 0 unspecified atom stereocenters. The summed E-state index contributed by atoms with van der Waals surface area (Å²) >= 11 is 0. The Morgan fingerprint density at radius 2 is 2.15 bits per heavy atom. The number of phenols is 1. The van der Waals surface area contributed by atoms with Crippen molar-refractivity contribution in [1.82, 2.24) is 5.32 Å². The van der Waals surface area contributed by atoms with Crippen molar-refractivity contribution in [2.45, 2.75) is 25.8 Å². The van der Waals surface area contributed by atoms with Gasteiger partial charge >= 0.3 is 0 Å². The Bertz CT molecular complexity index is 331. The molecule has 0 saturated carbocycles. The molecule has 0 amide bonds. The highest BCUT2D eigenvalue weighted by molar-refractivity contribution is 5.40. The van der Waals surface area contributed by atoms with E-state index in [2.05, 4.69) is 19.2 Å². The van der Waals surface area contributed by atoms with Gasteiger partial charge in [0.15, 0.2) is 0 Å². The summed E-state index contributed by atoms with van der Waals surface area (Å²) in [7, 11) is 0. The average molecular weight is 177 g/mol. The lowest BCUT2D eigenvalue weighted by atomic mass is 9.85. The summed E-state index contributed by atoms with van der Waals surface area (Å²) in [5.74, 6) is 0.372. The minimum absolute atomic E-state index is 0.0429. The number of nitrogens with one attached hydrogen (secondary N) is 1. The van der Waals surface area contributed by atoms with Gasteiger partial charge in [0, 0.05) is 5.54 Å². The molecule has 13 heavy (non-hydrogen) atoms. The van der Waals surface area contributed by atoms with Crippen molar-refractivity contribution in [1.29, 1.82) is 0 Å². The van der Waals surface area contributed by atoms with Crippen molar-refractivity contribution in [3.05, 3.63) is 29.3 Å². The standard InChI is InChI=1S/C11H15NO/c1-11(2)10-4-3-9(13)7-8(10)5-6-12-11/h3-4,7,12-13H,5-6H2,1-2H3. The highest BCUT2D eigenvalue weighted by Crippen LogP contribution is 2.29. The van der Waals surface area contributed by atoms with Gasteiger partial charge in [-0.05, 0) is 50.1 Å². The molecule has 0 aromatic heterocycles. The van der Waals surface area contributed by atoms with Crippen LogP contribution in [0.3, 0.4) is 0 Å². The molecule has 1 heterocycles. The van der Waals surface area contributed by atoms with E-state index in [9.17, 15) is 5.11 Å². The molecular weight excluding hydrogens is 162 g/mol. The topological polar surface area (TPSA) is 32.3 Å². The Labute approximate surface area is 78.6 Å². The van der Waals surface area contributed by atoms with Crippen LogP contribution in [0.15, 0.2) is 18.2 Å². The fraction of sp³-hybridized carbons (Fsp3) is 0.455. The van der Waals surface area contributed by atoms with E-state index in [1.807, 2.05) is 12.1 Å². The van der Waals surface area contributed by atoms with Gasteiger partial charge in [-0.25, -0.2) is 0 Å². The zero-order chi connectivity index (χ0) is 9.47. The van der Waals surface area contributed by atoms with E-state index in [1.165, 1.54) is 11.1 Å². The van der Waals surface area contributed by atoms with Crippen molar-refractivity contribution < 1.29 is 5.11 Å². The van der Waals surface area contributed by atoms with Gasteiger partial charge in [0.05, 0.1) is 0 Å². The Kier molecular flexibility index (Phi) is 1.81. The fourth-order valence-corrected chi connectivity index (χ4v) is 2.00. The van der Waals surface area contributed by atoms with E-state index in [-0.39, 0.29) is 5.54 Å². The van der Waals surface area contributed by atoms with Crippen molar-refractivity contribution in [2.75, 3.05) is 6.54 Å². The third-order valence-corrected chi connectivity index (χ3v) is 2.72. The van der Waals surface area contributed by atoms with Gasteiger partial charge in [-0.15, -0.1) is 0 Å². The number of hydrogen-bond donors (Lipinski definition) is 2. The van der Waals surface area contributed by atoms with Crippen LogP contribution in [0, 0.1) is 0 Å². The predicted molar refractivity (Wildman–Crippen MR) is 52.8 cm³/mol. The maximum absolute atomic E-state index is 9.34. The lowest BCUT2D eigenvalue weighted by Gasteiger charge is -2.33. The maximum Gasteiger partial charge on any atom is 0.115 e. The second kappa shape index (κ2) is 2.74. The molecule has 0 bridgehead atoms. The Hall–Kier alpha value is -1.02. The molecule has 0 fully saturated rings. The number of aromatic hydroxyl groups is 1.